The van der Waals surface area contributed by atoms with Gasteiger partial charge in [0.25, 0.3) is 5.91 Å². The van der Waals surface area contributed by atoms with Gasteiger partial charge in [0.15, 0.2) is 0 Å². The van der Waals surface area contributed by atoms with Crippen molar-refractivity contribution in [1.82, 2.24) is 5.32 Å². The first-order valence-corrected chi connectivity index (χ1v) is 7.98. The number of hydrogen-bond acceptors (Lipinski definition) is 4. The van der Waals surface area contributed by atoms with Crippen molar-refractivity contribution in [3.63, 3.8) is 0 Å². The zero-order valence-corrected chi connectivity index (χ0v) is 13.8. The van der Waals surface area contributed by atoms with Gasteiger partial charge in [0, 0.05) is 12.7 Å². The third-order valence-electron chi connectivity index (χ3n) is 3.03. The van der Waals surface area contributed by atoms with Crippen LogP contribution in [0.2, 0.25) is 0 Å². The maximum Gasteiger partial charge on any atom is 0.252 e. The molecule has 0 spiro atoms. The zero-order valence-electron chi connectivity index (χ0n) is 13.0. The third-order valence-corrected chi connectivity index (χ3v) is 4.08. The van der Waals surface area contributed by atoms with Crippen LogP contribution in [0.5, 0.6) is 0 Å². The fourth-order valence-corrected chi connectivity index (χ4v) is 2.94. The highest BCUT2D eigenvalue weighted by atomic mass is 32.2. The molecule has 6 nitrogen and oxygen atoms in total. The van der Waals surface area contributed by atoms with Gasteiger partial charge in [-0.15, -0.1) is 0 Å². The Morgan fingerprint density at radius 3 is 2.33 bits per heavy atom. The lowest BCUT2D eigenvalue weighted by molar-refractivity contribution is 0.0819. The number of benzene rings is 1. The van der Waals surface area contributed by atoms with Gasteiger partial charge in [-0.1, -0.05) is 6.07 Å². The summed E-state index contributed by atoms with van der Waals surface area (Å²) >= 11 is 0. The van der Waals surface area contributed by atoms with Crippen LogP contribution < -0.4 is 10.5 Å². The molecule has 21 heavy (non-hydrogen) atoms. The van der Waals surface area contributed by atoms with E-state index in [-0.39, 0.29) is 16.4 Å². The molecule has 118 valence electrons. The number of nitrogens with two attached hydrogens (primary N) is 1. The van der Waals surface area contributed by atoms with Crippen LogP contribution in [0.15, 0.2) is 17.0 Å². The molecule has 1 rings (SSSR count). The van der Waals surface area contributed by atoms with E-state index in [9.17, 15) is 13.2 Å². The van der Waals surface area contributed by atoms with E-state index in [4.69, 9.17) is 9.88 Å². The molecule has 0 fully saturated rings. The molecular formula is C14H22N2O4S. The largest absolute Gasteiger partial charge is 0.382 e. The quantitative estimate of drug-likeness (QED) is 0.850. The molecule has 0 radical (unpaired) electrons. The number of primary sulfonamides is 1. The number of ether oxygens (including phenoxy) is 1. The maximum absolute atomic E-state index is 12.3. The van der Waals surface area contributed by atoms with Crippen LogP contribution in [0.3, 0.4) is 0 Å². The van der Waals surface area contributed by atoms with E-state index in [0.29, 0.717) is 17.7 Å². The van der Waals surface area contributed by atoms with Gasteiger partial charge in [-0.2, -0.15) is 0 Å². The van der Waals surface area contributed by atoms with Gasteiger partial charge in [-0.25, -0.2) is 13.6 Å². The van der Waals surface area contributed by atoms with E-state index in [2.05, 4.69) is 5.32 Å². The summed E-state index contributed by atoms with van der Waals surface area (Å²) in [6.07, 6.45) is 0. The van der Waals surface area contributed by atoms with Crippen molar-refractivity contribution in [3.8, 4) is 0 Å². The van der Waals surface area contributed by atoms with Gasteiger partial charge in [-0.3, -0.25) is 4.79 Å². The van der Waals surface area contributed by atoms with Crippen molar-refractivity contribution >= 4 is 15.9 Å². The molecular weight excluding hydrogens is 292 g/mol. The number of carbonyl (C=O) groups excluding carboxylic acids is 1. The number of amides is 1. The molecule has 0 aliphatic heterocycles. The van der Waals surface area contributed by atoms with Crippen LogP contribution in [-0.2, 0) is 14.8 Å². The van der Waals surface area contributed by atoms with Gasteiger partial charge in [0.05, 0.1) is 17.0 Å². The van der Waals surface area contributed by atoms with Gasteiger partial charge >= 0.3 is 0 Å². The Morgan fingerprint density at radius 1 is 1.29 bits per heavy atom. The van der Waals surface area contributed by atoms with E-state index >= 15 is 0 Å². The molecule has 0 aliphatic carbocycles. The van der Waals surface area contributed by atoms with E-state index in [1.165, 1.54) is 6.07 Å². The smallest absolute Gasteiger partial charge is 0.252 e. The molecule has 1 aromatic carbocycles. The molecule has 0 unspecified atom stereocenters. The average molecular weight is 314 g/mol. The lowest BCUT2D eigenvalue weighted by Crippen LogP contribution is -2.47. The molecule has 0 heterocycles. The Bertz CT molecular complexity index is 651. The van der Waals surface area contributed by atoms with Crippen molar-refractivity contribution in [1.29, 1.82) is 0 Å². The van der Waals surface area contributed by atoms with E-state index in [1.54, 1.807) is 27.0 Å². The summed E-state index contributed by atoms with van der Waals surface area (Å²) in [5, 5.41) is 7.99. The first-order valence-electron chi connectivity index (χ1n) is 6.43. The minimum Gasteiger partial charge on any atom is -0.382 e. The summed E-state index contributed by atoms with van der Waals surface area (Å²) in [5.74, 6) is -0.362. The molecule has 3 N–H and O–H groups in total. The Balaban J connectivity index is 3.22. The van der Waals surface area contributed by atoms with Crippen LogP contribution in [0.1, 0.15) is 35.3 Å². The molecule has 1 amide bonds. The lowest BCUT2D eigenvalue weighted by atomic mass is 10.0. The number of aryl methyl sites for hydroxylation is 2. The zero-order chi connectivity index (χ0) is 16.4. The van der Waals surface area contributed by atoms with Crippen molar-refractivity contribution in [2.45, 2.75) is 38.1 Å². The molecule has 0 saturated carbocycles. The topological polar surface area (TPSA) is 98.5 Å². The number of carbonyl (C=O) groups is 1. The molecule has 0 saturated heterocycles. The summed E-state index contributed by atoms with van der Waals surface area (Å²) in [5.41, 5.74) is 0.924. The minimum atomic E-state index is -3.86. The standard InChI is InChI=1S/C14H22N2O4S/c1-9-6-10(2)12(21(15,18)19)7-11(9)13(17)16-14(3,4)8-20-5/h6-7H,8H2,1-5H3,(H,16,17)(H2,15,18,19). The number of sulfonamides is 1. The summed E-state index contributed by atoms with van der Waals surface area (Å²) in [7, 11) is -2.32. The van der Waals surface area contributed by atoms with Crippen LogP contribution in [0.4, 0.5) is 0 Å². The summed E-state index contributed by atoms with van der Waals surface area (Å²) in [4.78, 5) is 12.3. The van der Waals surface area contributed by atoms with Gasteiger partial charge in [0.2, 0.25) is 10.0 Å². The summed E-state index contributed by atoms with van der Waals surface area (Å²) in [6, 6.07) is 2.95. The number of hydrogen-bond donors (Lipinski definition) is 2. The summed E-state index contributed by atoms with van der Waals surface area (Å²) in [6.45, 7) is 7.37. The highest BCUT2D eigenvalue weighted by molar-refractivity contribution is 7.89. The Morgan fingerprint density at radius 2 is 1.86 bits per heavy atom. The fraction of sp³-hybridized carbons (Fsp3) is 0.500. The van der Waals surface area contributed by atoms with Gasteiger partial charge in [0.1, 0.15) is 0 Å². The third kappa shape index (κ3) is 4.52. The van der Waals surface area contributed by atoms with Crippen LogP contribution in [-0.4, -0.2) is 33.6 Å². The minimum absolute atomic E-state index is 0.0391. The van der Waals surface area contributed by atoms with Crippen LogP contribution >= 0.6 is 0 Å². The Kier molecular flexibility index (Phi) is 5.14. The molecule has 7 heteroatoms. The van der Waals surface area contributed by atoms with E-state index in [0.717, 1.165) is 0 Å². The molecule has 1 aromatic rings. The predicted molar refractivity (Wildman–Crippen MR) is 80.7 cm³/mol. The van der Waals surface area contributed by atoms with Crippen LogP contribution in [0, 0.1) is 13.8 Å². The van der Waals surface area contributed by atoms with Crippen molar-refractivity contribution in [2.24, 2.45) is 5.14 Å². The normalized spacial score (nSPS) is 12.3. The van der Waals surface area contributed by atoms with Gasteiger partial charge in [-0.05, 0) is 44.9 Å². The molecule has 0 aliphatic rings. The van der Waals surface area contributed by atoms with Crippen molar-refractivity contribution in [2.75, 3.05) is 13.7 Å². The molecule has 0 atom stereocenters. The second-order valence-electron chi connectivity index (χ2n) is 5.75. The average Bonchev–Trinajstić information content (AvgIpc) is 2.25. The Hall–Kier alpha value is -1.44. The maximum atomic E-state index is 12.3. The predicted octanol–water partition coefficient (Wildman–Crippen LogP) is 1.11. The lowest BCUT2D eigenvalue weighted by Gasteiger charge is -2.25. The number of methoxy groups -OCH3 is 1. The van der Waals surface area contributed by atoms with E-state index in [1.807, 2.05) is 13.8 Å². The second kappa shape index (κ2) is 6.13. The van der Waals surface area contributed by atoms with Crippen LogP contribution in [0.25, 0.3) is 0 Å². The highest BCUT2D eigenvalue weighted by Crippen LogP contribution is 2.20. The fourth-order valence-electron chi connectivity index (χ4n) is 2.16. The summed E-state index contributed by atoms with van der Waals surface area (Å²) < 4.78 is 28.1. The first-order chi connectivity index (χ1) is 9.48. The number of nitrogens with one attached hydrogen (secondary N) is 1. The monoisotopic (exact) mass is 314 g/mol. The second-order valence-corrected chi connectivity index (χ2v) is 7.28. The number of rotatable bonds is 5. The van der Waals surface area contributed by atoms with E-state index < -0.39 is 15.6 Å². The van der Waals surface area contributed by atoms with Crippen molar-refractivity contribution < 1.29 is 17.9 Å². The molecule has 0 bridgehead atoms. The van der Waals surface area contributed by atoms with Crippen molar-refractivity contribution in [3.05, 3.63) is 28.8 Å². The first kappa shape index (κ1) is 17.6. The Labute approximate surface area is 125 Å². The molecule has 0 aromatic heterocycles. The SMILES string of the molecule is COCC(C)(C)NC(=O)c1cc(S(N)(=O)=O)c(C)cc1C. The van der Waals surface area contributed by atoms with Gasteiger partial charge < -0.3 is 10.1 Å². The highest BCUT2D eigenvalue weighted by Gasteiger charge is 2.23.